The Bertz CT molecular complexity index is 1120. The first-order valence-corrected chi connectivity index (χ1v) is 22.8. The molecule has 328 valence electrons. The Balaban J connectivity index is 4.24. The molecule has 0 heterocycles. The number of unbranched alkanes of at least 4 members (excludes halogenated alkanes) is 16. The van der Waals surface area contributed by atoms with E-state index in [1.165, 1.54) is 64.2 Å². The minimum Gasteiger partial charge on any atom is -0.477 e. The summed E-state index contributed by atoms with van der Waals surface area (Å²) in [7, 11) is 5.52. The highest BCUT2D eigenvalue weighted by Crippen LogP contribution is 2.14. The third-order valence-corrected chi connectivity index (χ3v) is 9.88. The Morgan fingerprint density at radius 2 is 0.982 bits per heavy atom. The molecular formula is C49H86NO7+. The van der Waals surface area contributed by atoms with Crippen molar-refractivity contribution in [3.05, 3.63) is 60.8 Å². The number of ether oxygens (including phenoxy) is 3. The van der Waals surface area contributed by atoms with Crippen LogP contribution >= 0.6 is 0 Å². The first kappa shape index (κ1) is 54.0. The number of hydrogen-bond donors (Lipinski definition) is 1. The quantitative estimate of drug-likeness (QED) is 0.0285. The number of carbonyl (C=O) groups is 3. The van der Waals surface area contributed by atoms with Gasteiger partial charge in [0.15, 0.2) is 12.1 Å². The molecule has 0 radical (unpaired) electrons. The number of nitrogens with zero attached hydrogens (tertiary/aromatic N) is 1. The van der Waals surface area contributed by atoms with Crippen molar-refractivity contribution in [1.29, 1.82) is 0 Å². The number of carboxylic acid groups (broad SMARTS) is 1. The molecule has 0 bridgehead atoms. The van der Waals surface area contributed by atoms with Crippen LogP contribution in [0.1, 0.15) is 181 Å². The summed E-state index contributed by atoms with van der Waals surface area (Å²) >= 11 is 0. The second kappa shape index (κ2) is 39.8. The summed E-state index contributed by atoms with van der Waals surface area (Å²) in [5, 5.41) is 9.61. The van der Waals surface area contributed by atoms with E-state index in [4.69, 9.17) is 14.2 Å². The highest BCUT2D eigenvalue weighted by atomic mass is 16.6. The molecule has 0 fully saturated rings. The Kier molecular flexibility index (Phi) is 37.8. The van der Waals surface area contributed by atoms with Crippen molar-refractivity contribution in [1.82, 2.24) is 0 Å². The molecule has 0 aromatic rings. The fourth-order valence-electron chi connectivity index (χ4n) is 6.38. The number of likely N-dealkylation sites (N-methyl/N-ethyl adjacent to an activating group) is 1. The lowest BCUT2D eigenvalue weighted by atomic mass is 10.0. The average Bonchev–Trinajstić information content (AvgIpc) is 3.17. The third kappa shape index (κ3) is 38.3. The number of rotatable bonds is 40. The Morgan fingerprint density at radius 1 is 0.544 bits per heavy atom. The third-order valence-electron chi connectivity index (χ3n) is 9.88. The van der Waals surface area contributed by atoms with Gasteiger partial charge in [-0.15, -0.1) is 0 Å². The van der Waals surface area contributed by atoms with Gasteiger partial charge in [0, 0.05) is 19.3 Å². The van der Waals surface area contributed by atoms with Gasteiger partial charge in [0.05, 0.1) is 34.4 Å². The van der Waals surface area contributed by atoms with Gasteiger partial charge in [0.2, 0.25) is 0 Å². The topological polar surface area (TPSA) is 99.1 Å². The fourth-order valence-corrected chi connectivity index (χ4v) is 6.38. The molecule has 0 aliphatic rings. The van der Waals surface area contributed by atoms with Crippen molar-refractivity contribution in [2.45, 2.75) is 193 Å². The van der Waals surface area contributed by atoms with Crippen LogP contribution in [0.3, 0.4) is 0 Å². The van der Waals surface area contributed by atoms with Crippen LogP contribution < -0.4 is 0 Å². The number of carboxylic acids is 1. The van der Waals surface area contributed by atoms with Gasteiger partial charge in [0.1, 0.15) is 6.61 Å². The molecule has 0 aromatic heterocycles. The van der Waals surface area contributed by atoms with Gasteiger partial charge < -0.3 is 23.8 Å². The van der Waals surface area contributed by atoms with Gasteiger partial charge in [0.25, 0.3) is 0 Å². The van der Waals surface area contributed by atoms with E-state index in [0.717, 1.165) is 83.5 Å². The van der Waals surface area contributed by atoms with Crippen molar-refractivity contribution in [2.75, 3.05) is 41.0 Å². The van der Waals surface area contributed by atoms with Crippen LogP contribution in [0, 0.1) is 0 Å². The summed E-state index contributed by atoms with van der Waals surface area (Å²) in [5.41, 5.74) is 0. The van der Waals surface area contributed by atoms with Crippen LogP contribution in [0.15, 0.2) is 60.8 Å². The van der Waals surface area contributed by atoms with Gasteiger partial charge in [-0.25, -0.2) is 4.79 Å². The standard InChI is InChI=1S/C49H85NO7/c1-6-8-10-12-14-16-18-19-20-21-22-23-24-25-26-27-28-29-30-32-34-36-38-40-48(52)57-45(43-55-42-41-46(49(53)54)50(3,4)5)44-56-47(51)39-37-35-33-31-17-15-13-11-9-7-2/h8,10-11,13-14,16,19-20,22-23,45-46H,6-7,9,12,15,17-18,21,24-44H2,1-5H3/p+1/b10-8-,13-11-,16-14-,20-19-,23-22-. The smallest absolute Gasteiger partial charge is 0.362 e. The van der Waals surface area contributed by atoms with E-state index in [-0.39, 0.29) is 36.2 Å². The van der Waals surface area contributed by atoms with E-state index in [9.17, 15) is 19.5 Å². The zero-order valence-corrected chi connectivity index (χ0v) is 37.3. The lowest BCUT2D eigenvalue weighted by Crippen LogP contribution is -2.50. The molecule has 1 N–H and O–H groups in total. The molecule has 0 spiro atoms. The lowest BCUT2D eigenvalue weighted by molar-refractivity contribution is -0.887. The number of quaternary nitrogens is 1. The molecule has 0 saturated heterocycles. The summed E-state index contributed by atoms with van der Waals surface area (Å²) < 4.78 is 17.3. The maximum Gasteiger partial charge on any atom is 0.362 e. The maximum absolute atomic E-state index is 12.7. The Morgan fingerprint density at radius 3 is 1.47 bits per heavy atom. The number of aliphatic carboxylic acids is 1. The van der Waals surface area contributed by atoms with Gasteiger partial charge in [-0.05, 0) is 70.6 Å². The minimum atomic E-state index is -0.879. The summed E-state index contributed by atoms with van der Waals surface area (Å²) in [6.07, 6.45) is 48.4. The molecule has 2 unspecified atom stereocenters. The molecule has 2 atom stereocenters. The molecule has 8 heteroatoms. The van der Waals surface area contributed by atoms with Crippen LogP contribution in [0.5, 0.6) is 0 Å². The summed E-state index contributed by atoms with van der Waals surface area (Å²) in [5.74, 6) is -1.49. The molecule has 0 aliphatic carbocycles. The zero-order chi connectivity index (χ0) is 42.1. The summed E-state index contributed by atoms with van der Waals surface area (Å²) in [6.45, 7) is 4.54. The molecular weight excluding hydrogens is 715 g/mol. The van der Waals surface area contributed by atoms with Gasteiger partial charge in [-0.3, -0.25) is 9.59 Å². The highest BCUT2D eigenvalue weighted by Gasteiger charge is 2.31. The second-order valence-corrected chi connectivity index (χ2v) is 16.3. The molecule has 0 aromatic carbocycles. The predicted octanol–water partition coefficient (Wildman–Crippen LogP) is 12.6. The van der Waals surface area contributed by atoms with Crippen LogP contribution in [-0.4, -0.2) is 80.6 Å². The van der Waals surface area contributed by atoms with Crippen LogP contribution in [0.2, 0.25) is 0 Å². The largest absolute Gasteiger partial charge is 0.477 e. The lowest BCUT2D eigenvalue weighted by Gasteiger charge is -2.31. The zero-order valence-electron chi connectivity index (χ0n) is 37.3. The molecule has 0 saturated carbocycles. The van der Waals surface area contributed by atoms with Crippen LogP contribution in [0.25, 0.3) is 0 Å². The fraction of sp³-hybridized carbons (Fsp3) is 0.735. The van der Waals surface area contributed by atoms with Gasteiger partial charge in [-0.1, -0.05) is 152 Å². The summed E-state index contributed by atoms with van der Waals surface area (Å²) in [4.78, 5) is 36.9. The van der Waals surface area contributed by atoms with Crippen LogP contribution in [-0.2, 0) is 28.6 Å². The van der Waals surface area contributed by atoms with Crippen molar-refractivity contribution in [3.63, 3.8) is 0 Å². The minimum absolute atomic E-state index is 0.0552. The van der Waals surface area contributed by atoms with Crippen molar-refractivity contribution >= 4 is 17.9 Å². The van der Waals surface area contributed by atoms with Crippen molar-refractivity contribution < 1.29 is 38.2 Å². The first-order valence-electron chi connectivity index (χ1n) is 22.8. The van der Waals surface area contributed by atoms with E-state index in [2.05, 4.69) is 74.6 Å². The van der Waals surface area contributed by atoms with E-state index < -0.39 is 18.1 Å². The Labute approximate surface area is 349 Å². The molecule has 0 aliphatic heterocycles. The SMILES string of the molecule is CC/C=C\C/C=C\C/C=C\C/C=C\CCCCCCCCCCCCC(=O)OC(COCCC(C(=O)O)[N+](C)(C)C)COC(=O)CCCCCCC/C=C\CCC. The molecule has 0 amide bonds. The molecule has 57 heavy (non-hydrogen) atoms. The van der Waals surface area contributed by atoms with Crippen molar-refractivity contribution in [3.8, 4) is 0 Å². The molecule has 0 rings (SSSR count). The second-order valence-electron chi connectivity index (χ2n) is 16.3. The maximum atomic E-state index is 12.7. The van der Waals surface area contributed by atoms with E-state index in [0.29, 0.717) is 19.3 Å². The van der Waals surface area contributed by atoms with Gasteiger partial charge in [-0.2, -0.15) is 0 Å². The number of allylic oxidation sites excluding steroid dienone is 10. The van der Waals surface area contributed by atoms with E-state index in [1.807, 2.05) is 21.1 Å². The average molecular weight is 801 g/mol. The Hall–Kier alpha value is -2.97. The molecule has 8 nitrogen and oxygen atoms in total. The normalized spacial score (nSPS) is 13.5. The van der Waals surface area contributed by atoms with E-state index >= 15 is 0 Å². The van der Waals surface area contributed by atoms with Crippen LogP contribution in [0.4, 0.5) is 0 Å². The predicted molar refractivity (Wildman–Crippen MR) is 238 cm³/mol. The number of hydrogen-bond acceptors (Lipinski definition) is 6. The van der Waals surface area contributed by atoms with Crippen molar-refractivity contribution in [2.24, 2.45) is 0 Å². The summed E-state index contributed by atoms with van der Waals surface area (Å²) in [6, 6.07) is -0.617. The number of carbonyl (C=O) groups excluding carboxylic acids is 2. The first-order chi connectivity index (χ1) is 27.6. The highest BCUT2D eigenvalue weighted by molar-refractivity contribution is 5.72. The monoisotopic (exact) mass is 801 g/mol. The van der Waals surface area contributed by atoms with E-state index in [1.54, 1.807) is 0 Å². The number of esters is 2. The van der Waals surface area contributed by atoms with Gasteiger partial charge >= 0.3 is 17.9 Å².